The second-order valence-corrected chi connectivity index (χ2v) is 6.25. The Morgan fingerprint density at radius 2 is 1.86 bits per heavy atom. The van der Waals surface area contributed by atoms with Gasteiger partial charge in [0.1, 0.15) is 12.4 Å². The van der Waals surface area contributed by atoms with Gasteiger partial charge in [0, 0.05) is 28.7 Å². The summed E-state index contributed by atoms with van der Waals surface area (Å²) in [5.74, 6) is 0.725. The Labute approximate surface area is 136 Å². The van der Waals surface area contributed by atoms with Crippen LogP contribution in [0.25, 0.3) is 10.9 Å². The molecule has 0 aliphatic rings. The summed E-state index contributed by atoms with van der Waals surface area (Å²) in [5, 5.41) is 1.93. The summed E-state index contributed by atoms with van der Waals surface area (Å²) in [6, 6.07) is 14.4. The Kier molecular flexibility index (Phi) is 4.12. The number of rotatable bonds is 4. The average Bonchev–Trinajstić information content (AvgIpc) is 2.87. The van der Waals surface area contributed by atoms with E-state index in [1.165, 1.54) is 22.0 Å². The van der Waals surface area contributed by atoms with Crippen LogP contribution in [0, 0.1) is 6.92 Å². The van der Waals surface area contributed by atoms with Gasteiger partial charge in [-0.15, -0.1) is 0 Å². The number of nitrogens with zero attached hydrogens (tertiary/aromatic N) is 1. The highest BCUT2D eigenvalue weighted by Crippen LogP contribution is 2.30. The molecule has 0 saturated heterocycles. The van der Waals surface area contributed by atoms with Gasteiger partial charge >= 0.3 is 0 Å². The summed E-state index contributed by atoms with van der Waals surface area (Å²) in [7, 11) is 0. The van der Waals surface area contributed by atoms with E-state index < -0.39 is 0 Å². The van der Waals surface area contributed by atoms with Crippen molar-refractivity contribution in [1.82, 2.24) is 4.57 Å². The van der Waals surface area contributed by atoms with Crippen molar-refractivity contribution in [3.63, 3.8) is 0 Å². The Morgan fingerprint density at radius 3 is 2.59 bits per heavy atom. The van der Waals surface area contributed by atoms with E-state index >= 15 is 0 Å². The van der Waals surface area contributed by atoms with Crippen LogP contribution in [0.15, 0.2) is 48.7 Å². The molecule has 0 radical (unpaired) electrons. The summed E-state index contributed by atoms with van der Waals surface area (Å²) >= 11 is 6.17. The number of ether oxygens (including phenoxy) is 1. The molecule has 114 valence electrons. The Hall–Kier alpha value is -1.93. The molecule has 0 N–H and O–H groups in total. The van der Waals surface area contributed by atoms with Gasteiger partial charge in [-0.05, 0) is 44.5 Å². The van der Waals surface area contributed by atoms with Gasteiger partial charge in [-0.1, -0.05) is 35.9 Å². The third-order valence-corrected chi connectivity index (χ3v) is 4.23. The van der Waals surface area contributed by atoms with Crippen molar-refractivity contribution >= 4 is 22.5 Å². The maximum Gasteiger partial charge on any atom is 0.138 e. The van der Waals surface area contributed by atoms with E-state index in [4.69, 9.17) is 16.3 Å². The van der Waals surface area contributed by atoms with Gasteiger partial charge in [0.15, 0.2) is 0 Å². The van der Waals surface area contributed by atoms with Crippen LogP contribution in [0.4, 0.5) is 0 Å². The van der Waals surface area contributed by atoms with E-state index in [0.29, 0.717) is 17.7 Å². The van der Waals surface area contributed by atoms with E-state index in [1.807, 2.05) is 24.3 Å². The molecule has 0 bridgehead atoms. The van der Waals surface area contributed by atoms with E-state index in [-0.39, 0.29) is 0 Å². The summed E-state index contributed by atoms with van der Waals surface area (Å²) in [5.41, 5.74) is 3.73. The first-order valence-electron chi connectivity index (χ1n) is 7.54. The number of fused-ring (bicyclic) bond motifs is 1. The predicted octanol–water partition coefficient (Wildman–Crippen LogP) is 5.76. The first kappa shape index (κ1) is 15.0. The maximum atomic E-state index is 6.17. The molecule has 0 unspecified atom stereocenters. The van der Waals surface area contributed by atoms with Crippen molar-refractivity contribution < 1.29 is 4.74 Å². The first-order valence-corrected chi connectivity index (χ1v) is 7.92. The molecule has 0 spiro atoms. The van der Waals surface area contributed by atoms with E-state index in [1.54, 1.807) is 0 Å². The SMILES string of the molecule is Cc1cccc2c1c(COc1ccccc1Cl)cn2C(C)C. The van der Waals surface area contributed by atoms with Crippen molar-refractivity contribution in [1.29, 1.82) is 0 Å². The smallest absolute Gasteiger partial charge is 0.138 e. The van der Waals surface area contributed by atoms with Crippen LogP contribution in [0.5, 0.6) is 5.75 Å². The monoisotopic (exact) mass is 313 g/mol. The van der Waals surface area contributed by atoms with E-state index in [9.17, 15) is 0 Å². The van der Waals surface area contributed by atoms with Crippen LogP contribution in [0.1, 0.15) is 31.0 Å². The minimum Gasteiger partial charge on any atom is -0.487 e. The molecule has 22 heavy (non-hydrogen) atoms. The Bertz CT molecular complexity index is 804. The number of aryl methyl sites for hydroxylation is 1. The highest BCUT2D eigenvalue weighted by atomic mass is 35.5. The second kappa shape index (κ2) is 6.05. The predicted molar refractivity (Wildman–Crippen MR) is 92.8 cm³/mol. The summed E-state index contributed by atoms with van der Waals surface area (Å²) in [4.78, 5) is 0. The lowest BCUT2D eigenvalue weighted by molar-refractivity contribution is 0.307. The zero-order valence-electron chi connectivity index (χ0n) is 13.1. The highest BCUT2D eigenvalue weighted by Gasteiger charge is 2.13. The first-order chi connectivity index (χ1) is 10.6. The van der Waals surface area contributed by atoms with Gasteiger partial charge in [-0.25, -0.2) is 0 Å². The Morgan fingerprint density at radius 1 is 1.09 bits per heavy atom. The fourth-order valence-electron chi connectivity index (χ4n) is 2.84. The Balaban J connectivity index is 1.99. The molecule has 3 heteroatoms. The molecule has 0 atom stereocenters. The molecule has 0 saturated carbocycles. The van der Waals surface area contributed by atoms with Gasteiger partial charge in [0.05, 0.1) is 5.02 Å². The normalized spacial score (nSPS) is 11.3. The third kappa shape index (κ3) is 2.71. The zero-order valence-corrected chi connectivity index (χ0v) is 13.9. The maximum absolute atomic E-state index is 6.17. The molecule has 2 aromatic carbocycles. The number of hydrogen-bond donors (Lipinski definition) is 0. The number of aromatic nitrogens is 1. The van der Waals surface area contributed by atoms with Crippen molar-refractivity contribution in [3.05, 3.63) is 64.8 Å². The highest BCUT2D eigenvalue weighted by molar-refractivity contribution is 6.32. The molecule has 0 aliphatic carbocycles. The van der Waals surface area contributed by atoms with Crippen LogP contribution >= 0.6 is 11.6 Å². The van der Waals surface area contributed by atoms with Crippen LogP contribution < -0.4 is 4.74 Å². The molecule has 1 aromatic heterocycles. The summed E-state index contributed by atoms with van der Waals surface area (Å²) in [6.07, 6.45) is 2.19. The topological polar surface area (TPSA) is 14.2 Å². The number of hydrogen-bond acceptors (Lipinski definition) is 1. The van der Waals surface area contributed by atoms with E-state index in [2.05, 4.69) is 49.7 Å². The lowest BCUT2D eigenvalue weighted by atomic mass is 10.1. The van der Waals surface area contributed by atoms with Crippen molar-refractivity contribution in [2.24, 2.45) is 0 Å². The van der Waals surface area contributed by atoms with Gasteiger partial charge < -0.3 is 9.30 Å². The third-order valence-electron chi connectivity index (χ3n) is 3.92. The van der Waals surface area contributed by atoms with Crippen molar-refractivity contribution in [2.45, 2.75) is 33.4 Å². The summed E-state index contributed by atoms with van der Waals surface area (Å²) < 4.78 is 8.23. The fourth-order valence-corrected chi connectivity index (χ4v) is 3.03. The molecule has 3 aromatic rings. The van der Waals surface area contributed by atoms with Crippen LogP contribution in [0.2, 0.25) is 5.02 Å². The molecule has 2 nitrogen and oxygen atoms in total. The zero-order chi connectivity index (χ0) is 15.7. The van der Waals surface area contributed by atoms with Crippen LogP contribution in [-0.4, -0.2) is 4.57 Å². The molecular formula is C19H20ClNO. The lowest BCUT2D eigenvalue weighted by Gasteiger charge is -2.09. The van der Waals surface area contributed by atoms with Crippen molar-refractivity contribution in [3.8, 4) is 5.75 Å². The quantitative estimate of drug-likeness (QED) is 0.597. The van der Waals surface area contributed by atoms with Gasteiger partial charge in [0.25, 0.3) is 0 Å². The van der Waals surface area contributed by atoms with Gasteiger partial charge in [-0.2, -0.15) is 0 Å². The van der Waals surface area contributed by atoms with Gasteiger partial charge in [-0.3, -0.25) is 0 Å². The van der Waals surface area contributed by atoms with Crippen LogP contribution in [0.3, 0.4) is 0 Å². The van der Waals surface area contributed by atoms with E-state index in [0.717, 1.165) is 5.75 Å². The average molecular weight is 314 g/mol. The van der Waals surface area contributed by atoms with Crippen molar-refractivity contribution in [2.75, 3.05) is 0 Å². The molecule has 1 heterocycles. The molecule has 3 rings (SSSR count). The summed E-state index contributed by atoms with van der Waals surface area (Å²) in [6.45, 7) is 7.05. The fraction of sp³-hybridized carbons (Fsp3) is 0.263. The van der Waals surface area contributed by atoms with Crippen LogP contribution in [-0.2, 0) is 6.61 Å². The number of para-hydroxylation sites is 1. The minimum absolute atomic E-state index is 0.415. The molecule has 0 fully saturated rings. The molecular weight excluding hydrogens is 294 g/mol. The minimum atomic E-state index is 0.415. The lowest BCUT2D eigenvalue weighted by Crippen LogP contribution is -1.98. The largest absolute Gasteiger partial charge is 0.487 e. The number of halogens is 1. The number of benzene rings is 2. The molecule has 0 aliphatic heterocycles. The molecule has 0 amide bonds. The standard InChI is InChI=1S/C19H20ClNO/c1-13(2)21-11-15(19-14(3)7-6-9-17(19)21)12-22-18-10-5-4-8-16(18)20/h4-11,13H,12H2,1-3H3. The second-order valence-electron chi connectivity index (χ2n) is 5.84. The van der Waals surface area contributed by atoms with Gasteiger partial charge in [0.2, 0.25) is 0 Å².